The molecule has 9 heteroatoms. The lowest BCUT2D eigenvalue weighted by Gasteiger charge is -2.30. The number of hydrogen-bond donors (Lipinski definition) is 1. The van der Waals surface area contributed by atoms with Crippen molar-refractivity contribution >= 4 is 40.2 Å². The van der Waals surface area contributed by atoms with E-state index in [1.807, 2.05) is 38.3 Å². The fourth-order valence-electron chi connectivity index (χ4n) is 4.03. The summed E-state index contributed by atoms with van der Waals surface area (Å²) in [5.74, 6) is 0. The van der Waals surface area contributed by atoms with Gasteiger partial charge in [-0.05, 0) is 62.4 Å². The number of likely N-dealkylation sites (tertiary alicyclic amines) is 1. The van der Waals surface area contributed by atoms with E-state index in [2.05, 4.69) is 10.3 Å². The van der Waals surface area contributed by atoms with Crippen LogP contribution >= 0.6 is 22.9 Å². The van der Waals surface area contributed by atoms with E-state index in [1.165, 1.54) is 11.3 Å². The molecular weight excluding hydrogens is 424 g/mol. The highest BCUT2D eigenvalue weighted by Gasteiger charge is 2.37. The number of fused-ring (bicyclic) bond motifs is 1. The average Bonchev–Trinajstić information content (AvgIpc) is 3.39. The van der Waals surface area contributed by atoms with Gasteiger partial charge in [0.15, 0.2) is 5.13 Å². The number of urea groups is 1. The summed E-state index contributed by atoms with van der Waals surface area (Å²) in [5, 5.41) is 5.83. The Bertz CT molecular complexity index is 958. The number of carbonyl (C=O) groups is 2. The molecule has 0 spiro atoms. The second kappa shape index (κ2) is 8.07. The predicted molar refractivity (Wildman–Crippen MR) is 117 cm³/mol. The van der Waals surface area contributed by atoms with Crippen LogP contribution in [0.3, 0.4) is 0 Å². The van der Waals surface area contributed by atoms with Gasteiger partial charge in [-0.1, -0.05) is 11.6 Å². The van der Waals surface area contributed by atoms with Crippen LogP contribution < -0.4 is 5.32 Å². The monoisotopic (exact) mass is 448 g/mol. The molecule has 0 unspecified atom stereocenters. The number of nitrogens with zero attached hydrogens (tertiary/aromatic N) is 3. The number of nitrogens with one attached hydrogen (secondary N) is 1. The van der Waals surface area contributed by atoms with Gasteiger partial charge in [-0.2, -0.15) is 0 Å². The van der Waals surface area contributed by atoms with Gasteiger partial charge < -0.3 is 14.5 Å². The minimum absolute atomic E-state index is 0.103. The molecule has 7 nitrogen and oxygen atoms in total. The molecule has 1 aromatic heterocycles. The van der Waals surface area contributed by atoms with E-state index in [0.29, 0.717) is 29.8 Å². The van der Waals surface area contributed by atoms with Crippen molar-refractivity contribution in [3.05, 3.63) is 45.4 Å². The highest BCUT2D eigenvalue weighted by molar-refractivity contribution is 7.13. The molecule has 3 amide bonds. The number of anilines is 1. The van der Waals surface area contributed by atoms with Crippen molar-refractivity contribution in [2.45, 2.75) is 58.3 Å². The molecule has 3 heterocycles. The van der Waals surface area contributed by atoms with Crippen LogP contribution in [-0.2, 0) is 17.8 Å². The van der Waals surface area contributed by atoms with Crippen molar-refractivity contribution < 1.29 is 14.3 Å². The first-order valence-corrected chi connectivity index (χ1v) is 11.2. The molecule has 1 saturated heterocycles. The summed E-state index contributed by atoms with van der Waals surface area (Å²) in [5.41, 5.74) is 2.54. The first-order valence-electron chi connectivity index (χ1n) is 9.97. The van der Waals surface area contributed by atoms with Crippen LogP contribution in [0.15, 0.2) is 23.7 Å². The van der Waals surface area contributed by atoms with Crippen LogP contribution in [0, 0.1) is 0 Å². The number of rotatable bonds is 2. The van der Waals surface area contributed by atoms with Crippen LogP contribution in [0.4, 0.5) is 14.7 Å². The van der Waals surface area contributed by atoms with Crippen molar-refractivity contribution in [3.63, 3.8) is 0 Å². The summed E-state index contributed by atoms with van der Waals surface area (Å²) < 4.78 is 5.61. The normalized spacial score (nSPS) is 18.5. The molecule has 1 N–H and O–H groups in total. The highest BCUT2D eigenvalue weighted by atomic mass is 35.5. The quantitative estimate of drug-likeness (QED) is 0.665. The SMILES string of the molecule is CC(C)(C)OC(=O)N1CCC[C@H]1c1cc(Cl)cc2c1CN(C(=O)Nc1nccs1)C2. The fraction of sp³-hybridized carbons (Fsp3) is 0.476. The number of halogens is 1. The van der Waals surface area contributed by atoms with E-state index in [-0.39, 0.29) is 18.2 Å². The topological polar surface area (TPSA) is 74.8 Å². The molecule has 0 aliphatic carbocycles. The number of amides is 3. The van der Waals surface area contributed by atoms with E-state index < -0.39 is 5.60 Å². The number of ether oxygens (including phenoxy) is 1. The molecule has 2 aromatic rings. The van der Waals surface area contributed by atoms with Gasteiger partial charge >= 0.3 is 12.1 Å². The van der Waals surface area contributed by atoms with Crippen molar-refractivity contribution in [2.24, 2.45) is 0 Å². The molecule has 0 saturated carbocycles. The third-order valence-electron chi connectivity index (χ3n) is 5.22. The number of benzene rings is 1. The van der Waals surface area contributed by atoms with Gasteiger partial charge in [-0.3, -0.25) is 5.32 Å². The third kappa shape index (κ3) is 4.39. The maximum atomic E-state index is 12.8. The lowest BCUT2D eigenvalue weighted by molar-refractivity contribution is 0.0223. The van der Waals surface area contributed by atoms with Crippen LogP contribution in [0.5, 0.6) is 0 Å². The fourth-order valence-corrected chi connectivity index (χ4v) is 4.80. The zero-order valence-corrected chi connectivity index (χ0v) is 18.8. The first-order chi connectivity index (χ1) is 14.2. The summed E-state index contributed by atoms with van der Waals surface area (Å²) in [6.07, 6.45) is 3.09. The van der Waals surface area contributed by atoms with Crippen molar-refractivity contribution in [2.75, 3.05) is 11.9 Å². The van der Waals surface area contributed by atoms with E-state index in [1.54, 1.807) is 16.0 Å². The predicted octanol–water partition coefficient (Wildman–Crippen LogP) is 5.42. The van der Waals surface area contributed by atoms with Gasteiger partial charge in [0.1, 0.15) is 5.60 Å². The Balaban J connectivity index is 1.57. The van der Waals surface area contributed by atoms with Gasteiger partial charge in [-0.25, -0.2) is 14.6 Å². The van der Waals surface area contributed by atoms with Gasteiger partial charge in [0.05, 0.1) is 6.04 Å². The smallest absolute Gasteiger partial charge is 0.410 e. The zero-order chi connectivity index (χ0) is 21.5. The second-order valence-electron chi connectivity index (χ2n) is 8.59. The molecule has 0 bridgehead atoms. The Morgan fingerprint density at radius 1 is 1.30 bits per heavy atom. The minimum atomic E-state index is -0.550. The van der Waals surface area contributed by atoms with Crippen molar-refractivity contribution in [1.82, 2.24) is 14.8 Å². The first kappa shape index (κ1) is 20.9. The molecule has 2 aliphatic heterocycles. The second-order valence-corrected chi connectivity index (χ2v) is 9.92. The Hall–Kier alpha value is -2.32. The summed E-state index contributed by atoms with van der Waals surface area (Å²) in [7, 11) is 0. The highest BCUT2D eigenvalue weighted by Crippen LogP contribution is 2.40. The van der Waals surface area contributed by atoms with Crippen molar-refractivity contribution in [3.8, 4) is 0 Å². The maximum Gasteiger partial charge on any atom is 0.410 e. The van der Waals surface area contributed by atoms with E-state index in [9.17, 15) is 9.59 Å². The molecule has 30 heavy (non-hydrogen) atoms. The molecule has 1 atom stereocenters. The minimum Gasteiger partial charge on any atom is -0.444 e. The largest absolute Gasteiger partial charge is 0.444 e. The zero-order valence-electron chi connectivity index (χ0n) is 17.3. The Labute approximate surface area is 185 Å². The number of carbonyl (C=O) groups excluding carboxylic acids is 2. The van der Waals surface area contributed by atoms with Gasteiger partial charge in [0, 0.05) is 36.2 Å². The Morgan fingerprint density at radius 2 is 2.10 bits per heavy atom. The van der Waals surface area contributed by atoms with Gasteiger partial charge in [0.2, 0.25) is 0 Å². The lowest BCUT2D eigenvalue weighted by Crippen LogP contribution is -2.36. The van der Waals surface area contributed by atoms with Gasteiger partial charge in [-0.15, -0.1) is 11.3 Å². The van der Waals surface area contributed by atoms with E-state index in [4.69, 9.17) is 16.3 Å². The molecule has 160 valence electrons. The van der Waals surface area contributed by atoms with Crippen molar-refractivity contribution in [1.29, 1.82) is 0 Å². The third-order valence-corrected chi connectivity index (χ3v) is 6.13. The van der Waals surface area contributed by atoms with E-state index >= 15 is 0 Å². The summed E-state index contributed by atoms with van der Waals surface area (Å²) in [6, 6.07) is 3.53. The van der Waals surface area contributed by atoms with Crippen LogP contribution in [-0.4, -0.2) is 39.1 Å². The summed E-state index contributed by atoms with van der Waals surface area (Å²) in [4.78, 5) is 33.1. The standard InChI is InChI=1S/C21H25ClN4O3S/c1-21(2,3)29-20(28)26-7-4-5-17(26)15-10-14(22)9-13-11-25(12-16(13)15)19(27)24-18-23-6-8-30-18/h6,8-10,17H,4-5,7,11-12H2,1-3H3,(H,23,24,27)/t17-/m0/s1. The maximum absolute atomic E-state index is 12.8. The molecule has 0 radical (unpaired) electrons. The Morgan fingerprint density at radius 3 is 2.80 bits per heavy atom. The molecular formula is C21H25ClN4O3S. The molecule has 1 aromatic carbocycles. The summed E-state index contributed by atoms with van der Waals surface area (Å²) >= 11 is 7.80. The number of hydrogen-bond acceptors (Lipinski definition) is 5. The van der Waals surface area contributed by atoms with Crippen LogP contribution in [0.1, 0.15) is 56.3 Å². The summed E-state index contributed by atoms with van der Waals surface area (Å²) in [6.45, 7) is 7.19. The van der Waals surface area contributed by atoms with Crippen LogP contribution in [0.25, 0.3) is 0 Å². The molecule has 1 fully saturated rings. The van der Waals surface area contributed by atoms with E-state index in [0.717, 1.165) is 29.5 Å². The molecule has 4 rings (SSSR count). The van der Waals surface area contributed by atoms with Crippen LogP contribution in [0.2, 0.25) is 5.02 Å². The molecule has 2 aliphatic rings. The lowest BCUT2D eigenvalue weighted by atomic mass is 9.96. The van der Waals surface area contributed by atoms with Gasteiger partial charge in [0.25, 0.3) is 0 Å². The Kier molecular flexibility index (Phi) is 5.63. The number of aromatic nitrogens is 1. The average molecular weight is 449 g/mol. The number of thiazole rings is 1.